The molecular formula is C15H20FN3O2. The number of benzene rings is 1. The summed E-state index contributed by atoms with van der Waals surface area (Å²) < 4.78 is 14.0. The zero-order valence-corrected chi connectivity index (χ0v) is 11.9. The molecule has 0 saturated carbocycles. The highest BCUT2D eigenvalue weighted by atomic mass is 19.1. The Morgan fingerprint density at radius 3 is 2.90 bits per heavy atom. The second kappa shape index (κ2) is 5.71. The molecule has 2 saturated heterocycles. The second-order valence-corrected chi connectivity index (χ2v) is 5.81. The van der Waals surface area contributed by atoms with E-state index < -0.39 is 6.10 Å². The van der Waals surface area contributed by atoms with Crippen molar-refractivity contribution in [2.75, 3.05) is 13.1 Å². The third kappa shape index (κ3) is 2.66. The molecule has 0 aliphatic carbocycles. The van der Waals surface area contributed by atoms with Crippen molar-refractivity contribution < 1.29 is 14.3 Å². The molecule has 0 bridgehead atoms. The van der Waals surface area contributed by atoms with Crippen molar-refractivity contribution in [2.45, 2.75) is 31.5 Å². The van der Waals surface area contributed by atoms with Crippen molar-refractivity contribution in [3.63, 3.8) is 0 Å². The molecule has 0 aromatic heterocycles. The first-order valence-electron chi connectivity index (χ1n) is 7.30. The minimum atomic E-state index is -0.990. The van der Waals surface area contributed by atoms with E-state index in [1.165, 1.54) is 13.0 Å². The van der Waals surface area contributed by atoms with Crippen LogP contribution in [0.2, 0.25) is 0 Å². The van der Waals surface area contributed by atoms with Gasteiger partial charge in [0.25, 0.3) is 5.91 Å². The number of hydrogen-bond acceptors (Lipinski definition) is 4. The Morgan fingerprint density at radius 1 is 1.43 bits per heavy atom. The highest BCUT2D eigenvalue weighted by molar-refractivity contribution is 5.80. The van der Waals surface area contributed by atoms with Crippen LogP contribution in [0.4, 0.5) is 4.39 Å². The van der Waals surface area contributed by atoms with Gasteiger partial charge in [0.05, 0.1) is 6.04 Å². The van der Waals surface area contributed by atoms with Crippen LogP contribution in [-0.2, 0) is 4.79 Å². The smallest absolute Gasteiger partial charge is 0.251 e. The Labute approximate surface area is 123 Å². The number of likely N-dealkylation sites (tertiary alicyclic amines) is 1. The zero-order valence-electron chi connectivity index (χ0n) is 11.9. The minimum Gasteiger partial charge on any atom is -0.384 e. The van der Waals surface area contributed by atoms with E-state index in [0.29, 0.717) is 18.7 Å². The first kappa shape index (κ1) is 14.4. The van der Waals surface area contributed by atoms with Crippen LogP contribution in [0.15, 0.2) is 24.3 Å². The van der Waals surface area contributed by atoms with Gasteiger partial charge in [0.15, 0.2) is 0 Å². The largest absolute Gasteiger partial charge is 0.384 e. The number of aliphatic hydroxyl groups excluding tert-OH is 1. The number of fused-ring (bicyclic) bond motifs is 1. The van der Waals surface area contributed by atoms with Gasteiger partial charge < -0.3 is 10.0 Å². The standard InChI is InChI=1S/C15H20FN3O2/c1-9(20)15(21)19-7-6-13-11(8-19)14(18-17-13)10-4-2-3-5-12(10)16/h2-5,9,11,13-14,17-18,20H,6-8H2,1H3. The van der Waals surface area contributed by atoms with Crippen molar-refractivity contribution in [1.29, 1.82) is 0 Å². The van der Waals surface area contributed by atoms with Crippen LogP contribution in [0, 0.1) is 11.7 Å². The molecule has 3 rings (SSSR count). The van der Waals surface area contributed by atoms with Crippen molar-refractivity contribution in [1.82, 2.24) is 15.8 Å². The number of rotatable bonds is 2. The molecule has 114 valence electrons. The lowest BCUT2D eigenvalue weighted by atomic mass is 9.85. The SMILES string of the molecule is CC(O)C(=O)N1CCC2NNC(c3ccccc3F)C2C1. The number of nitrogens with one attached hydrogen (secondary N) is 2. The molecule has 1 aromatic rings. The lowest BCUT2D eigenvalue weighted by Crippen LogP contribution is -2.50. The van der Waals surface area contributed by atoms with E-state index in [4.69, 9.17) is 0 Å². The lowest BCUT2D eigenvalue weighted by Gasteiger charge is -2.36. The maximum absolute atomic E-state index is 14.0. The fraction of sp³-hybridized carbons (Fsp3) is 0.533. The lowest BCUT2D eigenvalue weighted by molar-refractivity contribution is -0.141. The molecule has 5 nitrogen and oxygen atoms in total. The average molecular weight is 293 g/mol. The number of amides is 1. The topological polar surface area (TPSA) is 64.6 Å². The monoisotopic (exact) mass is 293 g/mol. The van der Waals surface area contributed by atoms with Gasteiger partial charge in [-0.15, -0.1) is 0 Å². The second-order valence-electron chi connectivity index (χ2n) is 5.81. The van der Waals surface area contributed by atoms with Crippen LogP contribution < -0.4 is 10.9 Å². The quantitative estimate of drug-likeness (QED) is 0.746. The third-order valence-corrected chi connectivity index (χ3v) is 4.42. The van der Waals surface area contributed by atoms with E-state index in [2.05, 4.69) is 10.9 Å². The van der Waals surface area contributed by atoms with E-state index in [1.807, 2.05) is 6.07 Å². The van der Waals surface area contributed by atoms with Crippen molar-refractivity contribution >= 4 is 5.91 Å². The molecule has 3 N–H and O–H groups in total. The number of aliphatic hydroxyl groups is 1. The summed E-state index contributed by atoms with van der Waals surface area (Å²) >= 11 is 0. The van der Waals surface area contributed by atoms with Crippen LogP contribution in [0.1, 0.15) is 24.9 Å². The van der Waals surface area contributed by atoms with E-state index in [1.54, 1.807) is 17.0 Å². The van der Waals surface area contributed by atoms with Gasteiger partial charge in [-0.3, -0.25) is 10.2 Å². The molecule has 2 fully saturated rings. The van der Waals surface area contributed by atoms with Gasteiger partial charge in [0.2, 0.25) is 0 Å². The van der Waals surface area contributed by atoms with Crippen LogP contribution in [-0.4, -0.2) is 41.1 Å². The number of nitrogens with zero attached hydrogens (tertiary/aromatic N) is 1. The normalized spacial score (nSPS) is 30.0. The number of hydrazine groups is 1. The Bertz CT molecular complexity index is 537. The molecule has 2 aliphatic heterocycles. The van der Waals surface area contributed by atoms with Crippen molar-refractivity contribution in [3.8, 4) is 0 Å². The fourth-order valence-corrected chi connectivity index (χ4v) is 3.30. The first-order valence-corrected chi connectivity index (χ1v) is 7.30. The number of piperidine rings is 1. The molecule has 1 aromatic carbocycles. The van der Waals surface area contributed by atoms with Crippen molar-refractivity contribution in [3.05, 3.63) is 35.6 Å². The minimum absolute atomic E-state index is 0.0957. The molecule has 6 heteroatoms. The van der Waals surface area contributed by atoms with Crippen LogP contribution in [0.25, 0.3) is 0 Å². The van der Waals surface area contributed by atoms with Crippen LogP contribution in [0.5, 0.6) is 0 Å². The Hall–Kier alpha value is -1.50. The number of carbonyl (C=O) groups excluding carboxylic acids is 1. The molecule has 2 aliphatic rings. The first-order chi connectivity index (χ1) is 10.1. The maximum Gasteiger partial charge on any atom is 0.251 e. The number of hydrogen-bond donors (Lipinski definition) is 3. The van der Waals surface area contributed by atoms with Gasteiger partial charge in [-0.1, -0.05) is 18.2 Å². The highest BCUT2D eigenvalue weighted by Crippen LogP contribution is 2.34. The summed E-state index contributed by atoms with van der Waals surface area (Å²) in [5, 5.41) is 9.46. The Balaban J connectivity index is 1.80. The molecule has 0 radical (unpaired) electrons. The van der Waals surface area contributed by atoms with Gasteiger partial charge in [-0.05, 0) is 19.4 Å². The molecule has 0 spiro atoms. The predicted octanol–water partition coefficient (Wildman–Crippen LogP) is 0.573. The van der Waals surface area contributed by atoms with Gasteiger partial charge in [-0.2, -0.15) is 0 Å². The highest BCUT2D eigenvalue weighted by Gasteiger charge is 2.42. The van der Waals surface area contributed by atoms with E-state index in [-0.39, 0.29) is 29.7 Å². The number of halogens is 1. The molecule has 4 unspecified atom stereocenters. The van der Waals surface area contributed by atoms with E-state index >= 15 is 0 Å². The predicted molar refractivity (Wildman–Crippen MR) is 75.6 cm³/mol. The molecule has 21 heavy (non-hydrogen) atoms. The Morgan fingerprint density at radius 2 is 2.19 bits per heavy atom. The summed E-state index contributed by atoms with van der Waals surface area (Å²) in [6.07, 6.45) is -0.197. The third-order valence-electron chi connectivity index (χ3n) is 4.42. The Kier molecular flexibility index (Phi) is 3.93. The summed E-state index contributed by atoms with van der Waals surface area (Å²) in [6, 6.07) is 6.75. The van der Waals surface area contributed by atoms with Gasteiger partial charge in [0, 0.05) is 30.6 Å². The molecule has 1 amide bonds. The summed E-state index contributed by atoms with van der Waals surface area (Å²) in [5.41, 5.74) is 6.97. The van der Waals surface area contributed by atoms with Gasteiger partial charge in [-0.25, -0.2) is 9.82 Å². The van der Waals surface area contributed by atoms with Gasteiger partial charge in [0.1, 0.15) is 11.9 Å². The average Bonchev–Trinajstić information content (AvgIpc) is 2.89. The fourth-order valence-electron chi connectivity index (χ4n) is 3.30. The summed E-state index contributed by atoms with van der Waals surface area (Å²) in [6.45, 7) is 2.62. The van der Waals surface area contributed by atoms with E-state index in [9.17, 15) is 14.3 Å². The van der Waals surface area contributed by atoms with Crippen LogP contribution >= 0.6 is 0 Å². The van der Waals surface area contributed by atoms with E-state index in [0.717, 1.165) is 6.42 Å². The van der Waals surface area contributed by atoms with Crippen LogP contribution in [0.3, 0.4) is 0 Å². The molecule has 2 heterocycles. The molecular weight excluding hydrogens is 273 g/mol. The maximum atomic E-state index is 14.0. The number of carbonyl (C=O) groups is 1. The summed E-state index contributed by atoms with van der Waals surface area (Å²) in [7, 11) is 0. The van der Waals surface area contributed by atoms with Gasteiger partial charge >= 0.3 is 0 Å². The molecule has 4 atom stereocenters. The summed E-state index contributed by atoms with van der Waals surface area (Å²) in [5.74, 6) is -0.401. The summed E-state index contributed by atoms with van der Waals surface area (Å²) in [4.78, 5) is 13.6. The zero-order chi connectivity index (χ0) is 15.0. The van der Waals surface area contributed by atoms with Crippen molar-refractivity contribution in [2.24, 2.45) is 5.92 Å².